The number of aryl methyl sites for hydroxylation is 2. The first-order valence-corrected chi connectivity index (χ1v) is 28.6. The van der Waals surface area contributed by atoms with E-state index in [0.717, 1.165) is 136 Å². The fourth-order valence-corrected chi connectivity index (χ4v) is 16.3. The molecule has 4 saturated carbocycles. The Kier molecular flexibility index (Phi) is 15.2. The summed E-state index contributed by atoms with van der Waals surface area (Å²) in [7, 11) is 0. The highest BCUT2D eigenvalue weighted by atomic mass is 16.5. The summed E-state index contributed by atoms with van der Waals surface area (Å²) in [6, 6.07) is 7.12. The molecule has 0 bridgehead atoms. The topological polar surface area (TPSA) is 56.7 Å². The van der Waals surface area contributed by atoms with Crippen molar-refractivity contribution in [1.29, 1.82) is 0 Å². The van der Waals surface area contributed by atoms with Gasteiger partial charge in [-0.15, -0.1) is 0 Å². The number of aromatic nitrogens is 3. The highest BCUT2D eigenvalue weighted by Gasteiger charge is 2.72. The number of likely N-dealkylation sites (tertiary alicyclic amines) is 3. The van der Waals surface area contributed by atoms with E-state index in [2.05, 4.69) is 154 Å². The second-order valence-corrected chi connectivity index (χ2v) is 25.5. The van der Waals surface area contributed by atoms with Gasteiger partial charge in [-0.2, -0.15) is 0 Å². The molecular weight excluding hydrogens is 841 g/mol. The van der Waals surface area contributed by atoms with Gasteiger partial charge in [0.05, 0.1) is 49.7 Å². The SMILES string of the molecule is CC(C)N1C2CCCC3CCC321.CCN1C2CC(C(C)C)CC3COCC321.CCN1C2CC(C(C)C)CC3COCC321.Cc1cc2n(c1)CCN(C(C)C)C2.Cc1cn2c(n1)CN(C(C)C)CC2. The minimum Gasteiger partial charge on any atom is -0.379 e. The molecule has 11 aliphatic rings. The van der Waals surface area contributed by atoms with Crippen molar-refractivity contribution in [3.63, 3.8) is 0 Å². The molecule has 9 heterocycles. The number of fused-ring (bicyclic) bond motifs is 2. The Morgan fingerprint density at radius 2 is 1.16 bits per heavy atom. The summed E-state index contributed by atoms with van der Waals surface area (Å²) in [4.78, 5) is 17.7. The molecule has 0 aromatic carbocycles. The van der Waals surface area contributed by atoms with Gasteiger partial charge in [-0.1, -0.05) is 48.0 Å². The van der Waals surface area contributed by atoms with Crippen LogP contribution in [0, 0.1) is 55.3 Å². The first-order chi connectivity index (χ1) is 32.5. The van der Waals surface area contributed by atoms with Gasteiger partial charge in [-0.25, -0.2) is 4.98 Å². The molecule has 0 amide bonds. The van der Waals surface area contributed by atoms with Crippen molar-refractivity contribution in [2.45, 2.75) is 234 Å². The molecule has 68 heavy (non-hydrogen) atoms. The van der Waals surface area contributed by atoms with Gasteiger partial charge in [0, 0.05) is 104 Å². The van der Waals surface area contributed by atoms with Crippen LogP contribution in [0.5, 0.6) is 0 Å². The monoisotopic (exact) mass is 941 g/mol. The fourth-order valence-electron chi connectivity index (χ4n) is 16.3. The summed E-state index contributed by atoms with van der Waals surface area (Å²) in [5.41, 5.74) is 5.76. The minimum atomic E-state index is 0.500. The number of nitrogens with zero attached hydrogens (tertiary/aromatic N) is 8. The van der Waals surface area contributed by atoms with Gasteiger partial charge in [0.1, 0.15) is 5.82 Å². The highest BCUT2D eigenvalue weighted by Crippen LogP contribution is 2.65. The van der Waals surface area contributed by atoms with E-state index in [-0.39, 0.29) is 0 Å². The third kappa shape index (κ3) is 9.29. The van der Waals surface area contributed by atoms with Crippen LogP contribution in [0.1, 0.15) is 164 Å². The number of imidazole rings is 1. The Labute approximate surface area is 415 Å². The average molecular weight is 941 g/mol. The summed E-state index contributed by atoms with van der Waals surface area (Å²) in [5.74, 6) is 7.56. The lowest BCUT2D eigenvalue weighted by atomic mass is 9.65. The first kappa shape index (κ1) is 51.1. The standard InChI is InChI=1S/2C13H23NO.C11H18N2.C11H19N.C10H17N3/c2*1-4-14-12-6-10(9(2)3)5-11-7-15-8-13(11,12)14;1-9(2)12-4-5-13-7-10(3)6-11(13)8-12;1-8(2)12-10-5-3-4-9-6-7-11(9,10)12;1-8(2)12-4-5-13-6-9(3)11-10(13)7-12/h2*9-12H,4-8H2,1-3H3;6-7,9H,4-5,8H2,1-3H3;8-10H,3-7H2,1-2H3;6,8H,4-5,7H2,1-3H3. The summed E-state index contributed by atoms with van der Waals surface area (Å²) >= 11 is 0. The summed E-state index contributed by atoms with van der Waals surface area (Å²) in [6.07, 6.45) is 17.6. The van der Waals surface area contributed by atoms with Crippen LogP contribution < -0.4 is 0 Å². The van der Waals surface area contributed by atoms with Gasteiger partial charge < -0.3 is 18.6 Å². The molecule has 10 heteroatoms. The zero-order valence-electron chi connectivity index (χ0n) is 46.0. The van der Waals surface area contributed by atoms with E-state index in [1.807, 2.05) is 0 Å². The number of hydrogen-bond donors (Lipinski definition) is 0. The zero-order valence-corrected chi connectivity index (χ0v) is 46.0. The van der Waals surface area contributed by atoms with Crippen molar-refractivity contribution in [3.8, 4) is 0 Å². The predicted octanol–water partition coefficient (Wildman–Crippen LogP) is 10.1. The molecule has 10 nitrogen and oxygen atoms in total. The molecule has 14 unspecified atom stereocenters. The van der Waals surface area contributed by atoms with Crippen molar-refractivity contribution in [2.75, 3.05) is 52.6 Å². The van der Waals surface area contributed by atoms with E-state index < -0.39 is 0 Å². The lowest BCUT2D eigenvalue weighted by molar-refractivity contribution is 0.128. The maximum Gasteiger partial charge on any atom is 0.123 e. The first-order valence-electron chi connectivity index (χ1n) is 28.6. The Morgan fingerprint density at radius 3 is 1.65 bits per heavy atom. The molecule has 0 N–H and O–H groups in total. The lowest BCUT2D eigenvalue weighted by Gasteiger charge is -2.41. The van der Waals surface area contributed by atoms with Gasteiger partial charge in [-0.05, 0) is 161 Å². The molecule has 7 aliphatic heterocycles. The van der Waals surface area contributed by atoms with E-state index in [1.54, 1.807) is 0 Å². The second kappa shape index (κ2) is 20.3. The molecule has 4 aliphatic carbocycles. The van der Waals surface area contributed by atoms with Crippen LogP contribution in [-0.2, 0) is 35.7 Å². The number of likely N-dealkylation sites (N-methyl/N-ethyl adjacent to an activating group) is 2. The molecular formula is C58H100N8O2. The Balaban J connectivity index is 0.000000106. The maximum absolute atomic E-state index is 5.75. The smallest absolute Gasteiger partial charge is 0.123 e. The third-order valence-corrected chi connectivity index (χ3v) is 20.4. The van der Waals surface area contributed by atoms with Gasteiger partial charge >= 0.3 is 0 Å². The predicted molar refractivity (Wildman–Crippen MR) is 279 cm³/mol. The van der Waals surface area contributed by atoms with Gasteiger partial charge in [-0.3, -0.25) is 24.5 Å². The minimum absolute atomic E-state index is 0.500. The van der Waals surface area contributed by atoms with E-state index in [4.69, 9.17) is 9.47 Å². The Morgan fingerprint density at radius 1 is 0.603 bits per heavy atom. The highest BCUT2D eigenvalue weighted by molar-refractivity contribution is 5.28. The molecule has 9 fully saturated rings. The van der Waals surface area contributed by atoms with Gasteiger partial charge in [0.2, 0.25) is 0 Å². The quantitative estimate of drug-likeness (QED) is 0.255. The molecule has 2 aromatic heterocycles. The lowest BCUT2D eigenvalue weighted by Crippen LogP contribution is -2.42. The molecule has 384 valence electrons. The van der Waals surface area contributed by atoms with Gasteiger partial charge in [0.15, 0.2) is 0 Å². The van der Waals surface area contributed by atoms with E-state index in [9.17, 15) is 0 Å². The Bertz CT molecular complexity index is 1870. The van der Waals surface area contributed by atoms with E-state index in [0.29, 0.717) is 23.2 Å². The second-order valence-electron chi connectivity index (χ2n) is 25.5. The zero-order chi connectivity index (χ0) is 48.4. The van der Waals surface area contributed by atoms with Crippen molar-refractivity contribution in [2.24, 2.45) is 41.4 Å². The van der Waals surface area contributed by atoms with Crippen molar-refractivity contribution in [1.82, 2.24) is 38.6 Å². The van der Waals surface area contributed by atoms with Crippen LogP contribution in [0.3, 0.4) is 0 Å². The van der Waals surface area contributed by atoms with Crippen LogP contribution >= 0.6 is 0 Å². The van der Waals surface area contributed by atoms with Crippen LogP contribution in [0.4, 0.5) is 0 Å². The van der Waals surface area contributed by atoms with E-state index >= 15 is 0 Å². The summed E-state index contributed by atoms with van der Waals surface area (Å²) in [5, 5.41) is 0. The van der Waals surface area contributed by atoms with Gasteiger partial charge in [0.25, 0.3) is 0 Å². The largest absolute Gasteiger partial charge is 0.379 e. The van der Waals surface area contributed by atoms with Crippen molar-refractivity contribution < 1.29 is 9.47 Å². The number of ether oxygens (including phenoxy) is 2. The number of rotatable bonds is 7. The molecule has 3 spiro atoms. The normalized spacial score (nSPS) is 40.0. The van der Waals surface area contributed by atoms with Crippen LogP contribution in [-0.4, -0.2) is 144 Å². The molecule has 2 aromatic rings. The van der Waals surface area contributed by atoms with Crippen molar-refractivity contribution >= 4 is 0 Å². The number of hydrogen-bond acceptors (Lipinski definition) is 8. The fraction of sp³-hybridized carbons (Fsp3) is 0.879. The van der Waals surface area contributed by atoms with Crippen LogP contribution in [0.25, 0.3) is 0 Å². The van der Waals surface area contributed by atoms with Crippen LogP contribution in [0.2, 0.25) is 0 Å². The average Bonchev–Trinajstić information content (AvgIpc) is 4.05. The van der Waals surface area contributed by atoms with Crippen LogP contribution in [0.15, 0.2) is 18.5 Å². The molecule has 0 radical (unpaired) electrons. The van der Waals surface area contributed by atoms with E-state index in [1.165, 1.54) is 94.5 Å². The third-order valence-electron chi connectivity index (χ3n) is 20.4. The maximum atomic E-state index is 5.75. The Hall–Kier alpha value is -1.79. The summed E-state index contributed by atoms with van der Waals surface area (Å²) in [6.45, 7) is 45.3. The molecule has 5 saturated heterocycles. The summed E-state index contributed by atoms with van der Waals surface area (Å²) < 4.78 is 16.2. The molecule has 13 rings (SSSR count). The molecule has 14 atom stereocenters. The van der Waals surface area contributed by atoms with Crippen molar-refractivity contribution in [3.05, 3.63) is 41.2 Å².